The highest BCUT2D eigenvalue weighted by molar-refractivity contribution is 7.96. The summed E-state index contributed by atoms with van der Waals surface area (Å²) in [5.41, 5.74) is 5.57. The van der Waals surface area contributed by atoms with Crippen LogP contribution in [0.2, 0.25) is 0 Å². The van der Waals surface area contributed by atoms with Crippen molar-refractivity contribution in [1.82, 2.24) is 0 Å². The molecule has 2 atom stereocenters. The highest BCUT2D eigenvalue weighted by atomic mass is 32.2. The number of benzene rings is 1. The third-order valence-electron chi connectivity index (χ3n) is 4.13. The molecule has 1 heterocycles. The van der Waals surface area contributed by atoms with Gasteiger partial charge in [0.2, 0.25) is 0 Å². The Morgan fingerprint density at radius 3 is 2.39 bits per heavy atom. The van der Waals surface area contributed by atoms with Crippen molar-refractivity contribution in [3.8, 4) is 0 Å². The molecule has 9 heteroatoms. The fourth-order valence-electron chi connectivity index (χ4n) is 2.78. The number of halogens is 1. The van der Waals surface area contributed by atoms with Gasteiger partial charge in [-0.3, -0.25) is 9.36 Å². The van der Waals surface area contributed by atoms with Crippen molar-refractivity contribution in [2.75, 3.05) is 5.75 Å². The molecule has 122 valence electrons. The van der Waals surface area contributed by atoms with E-state index in [1.807, 2.05) is 23.5 Å². The van der Waals surface area contributed by atoms with Crippen LogP contribution in [0.4, 0.5) is 4.39 Å². The van der Waals surface area contributed by atoms with Gasteiger partial charge in [0.15, 0.2) is 0 Å². The van der Waals surface area contributed by atoms with Crippen molar-refractivity contribution in [2.45, 2.75) is 36.3 Å². The van der Waals surface area contributed by atoms with Crippen molar-refractivity contribution < 1.29 is 8.60 Å². The largest absolute Gasteiger partial charge is 0.386 e. The molecule has 2 rings (SSSR count). The van der Waals surface area contributed by atoms with Crippen LogP contribution in [0.5, 0.6) is 0 Å². The van der Waals surface area contributed by atoms with E-state index in [9.17, 15) is 8.60 Å². The van der Waals surface area contributed by atoms with Crippen LogP contribution in [0.3, 0.4) is 0 Å². The maximum absolute atomic E-state index is 14.3. The Morgan fingerprint density at radius 1 is 1.30 bits per heavy atom. The fourth-order valence-corrected chi connectivity index (χ4v) is 5.68. The zero-order valence-corrected chi connectivity index (χ0v) is 15.5. The molecule has 0 bridgehead atoms. The maximum atomic E-state index is 14.3. The van der Waals surface area contributed by atoms with Gasteiger partial charge < -0.3 is 5.73 Å². The van der Waals surface area contributed by atoms with Gasteiger partial charge in [0.05, 0.1) is 15.5 Å². The van der Waals surface area contributed by atoms with Crippen LogP contribution in [-0.4, -0.2) is 49.3 Å². The number of nitrogens with two attached hydrogens (primary N) is 1. The molecule has 1 aliphatic rings. The first kappa shape index (κ1) is 18.1. The quantitative estimate of drug-likeness (QED) is 0.718. The van der Waals surface area contributed by atoms with Crippen molar-refractivity contribution >= 4 is 39.1 Å². The molecule has 4 nitrogen and oxygen atoms in total. The van der Waals surface area contributed by atoms with Gasteiger partial charge >= 0.3 is 0 Å². The van der Waals surface area contributed by atoms with Crippen molar-refractivity contribution in [3.05, 3.63) is 35.6 Å². The Kier molecular flexibility index (Phi) is 4.25. The first-order valence-electron chi connectivity index (χ1n) is 7.67. The first-order valence-corrected chi connectivity index (χ1v) is 9.36. The molecule has 0 aromatic heterocycles. The summed E-state index contributed by atoms with van der Waals surface area (Å²) < 4.78 is 31.8. The molecule has 0 amide bonds. The van der Waals surface area contributed by atoms with E-state index in [1.54, 1.807) is 39.0 Å². The zero-order chi connectivity index (χ0) is 17.7. The average Bonchev–Trinajstić information content (AvgIpc) is 2.34. The van der Waals surface area contributed by atoms with Gasteiger partial charge in [-0.25, -0.2) is 8.60 Å². The minimum Gasteiger partial charge on any atom is -0.386 e. The van der Waals surface area contributed by atoms with Gasteiger partial charge in [0, 0.05) is 5.56 Å². The summed E-state index contributed by atoms with van der Waals surface area (Å²) in [4.78, 5) is 4.54. The Morgan fingerprint density at radius 2 is 1.87 bits per heavy atom. The molecule has 1 unspecified atom stereocenters. The van der Waals surface area contributed by atoms with E-state index in [4.69, 9.17) is 5.73 Å². The molecule has 0 aliphatic carbocycles. The fraction of sp³-hybridized carbons (Fsp3) is 0.500. The Labute approximate surface area is 140 Å². The molecule has 1 aromatic carbocycles. The highest BCUT2D eigenvalue weighted by Crippen LogP contribution is 2.39. The standard InChI is InChI=1S/C14H23B3FN3OS/c1-12(2)11(19)20-13(3,9-6-4-5-7-10(9)18)8-23(12,22)21-14(15,16)17/h4-7H,8,15-17H2,1-3H3,(H2,19,20)/t13-,23?/m0/s1. The number of hydrogen-bond donors (Lipinski definition) is 1. The second kappa shape index (κ2) is 5.40. The average molecular weight is 333 g/mol. The minimum atomic E-state index is -2.75. The maximum Gasteiger partial charge on any atom is 0.128 e. The van der Waals surface area contributed by atoms with Crippen LogP contribution in [0, 0.1) is 5.82 Å². The molecule has 1 aliphatic heterocycles. The van der Waals surface area contributed by atoms with Crippen LogP contribution in [0.25, 0.3) is 0 Å². The smallest absolute Gasteiger partial charge is 0.128 e. The van der Waals surface area contributed by atoms with Crippen molar-refractivity contribution in [3.63, 3.8) is 0 Å². The summed E-state index contributed by atoms with van der Waals surface area (Å²) in [6.07, 6.45) is 0. The van der Waals surface area contributed by atoms with Crippen LogP contribution < -0.4 is 5.73 Å². The van der Waals surface area contributed by atoms with E-state index < -0.39 is 25.3 Å². The molecular formula is C14H23B3FN3OS. The van der Waals surface area contributed by atoms with Crippen LogP contribution >= 0.6 is 0 Å². The lowest BCUT2D eigenvalue weighted by atomic mass is 9.50. The summed E-state index contributed by atoms with van der Waals surface area (Å²) in [5.74, 6) is 0.0302. The second-order valence-corrected chi connectivity index (χ2v) is 10.6. The SMILES string of the molecule is BC(B)(B)N=S1(=O)C[C@@](C)(c2ccccc2F)N=C(N)C1(C)C. The molecular weight excluding hydrogens is 310 g/mol. The highest BCUT2D eigenvalue weighted by Gasteiger charge is 2.48. The Bertz CT molecular complexity index is 782. The number of amidine groups is 1. The third-order valence-corrected chi connectivity index (χ3v) is 7.73. The van der Waals surface area contributed by atoms with Crippen LogP contribution in [0.15, 0.2) is 33.6 Å². The molecule has 0 saturated heterocycles. The molecule has 0 radical (unpaired) electrons. The minimum absolute atomic E-state index is 0.145. The Balaban J connectivity index is 2.74. The molecule has 0 fully saturated rings. The van der Waals surface area contributed by atoms with Crippen molar-refractivity contribution in [2.24, 2.45) is 15.1 Å². The normalized spacial score (nSPS) is 30.5. The second-order valence-electron chi connectivity index (χ2n) is 7.81. The lowest BCUT2D eigenvalue weighted by molar-refractivity contribution is 0.491. The molecule has 1 aromatic rings. The summed E-state index contributed by atoms with van der Waals surface area (Å²) in [6.45, 7) is 5.36. The van der Waals surface area contributed by atoms with E-state index >= 15 is 0 Å². The number of hydrogen-bond acceptors (Lipinski definition) is 4. The lowest BCUT2D eigenvalue weighted by Gasteiger charge is -2.41. The van der Waals surface area contributed by atoms with E-state index in [-0.39, 0.29) is 17.4 Å². The number of nitrogens with zero attached hydrogens (tertiary/aromatic N) is 2. The van der Waals surface area contributed by atoms with E-state index in [2.05, 4.69) is 9.36 Å². The van der Waals surface area contributed by atoms with Gasteiger partial charge in [0.25, 0.3) is 0 Å². The molecule has 0 spiro atoms. The summed E-state index contributed by atoms with van der Waals surface area (Å²) in [6, 6.07) is 6.42. The predicted octanol–water partition coefficient (Wildman–Crippen LogP) is -0.831. The molecule has 23 heavy (non-hydrogen) atoms. The van der Waals surface area contributed by atoms with E-state index in [0.717, 1.165) is 0 Å². The number of aliphatic imine (C=N–C) groups is 1. The van der Waals surface area contributed by atoms with Crippen LogP contribution in [-0.2, 0) is 15.3 Å². The summed E-state index contributed by atoms with van der Waals surface area (Å²) >= 11 is 0. The first-order chi connectivity index (χ1) is 10.3. The van der Waals surface area contributed by atoms with E-state index in [1.165, 1.54) is 6.07 Å². The van der Waals surface area contributed by atoms with E-state index in [0.29, 0.717) is 5.56 Å². The molecule has 0 saturated carbocycles. The topological polar surface area (TPSA) is 67.8 Å². The van der Waals surface area contributed by atoms with Gasteiger partial charge in [0.1, 0.15) is 45.5 Å². The predicted molar refractivity (Wildman–Crippen MR) is 103 cm³/mol. The van der Waals surface area contributed by atoms with Crippen LogP contribution in [0.1, 0.15) is 26.3 Å². The Hall–Kier alpha value is -1.24. The van der Waals surface area contributed by atoms with Gasteiger partial charge in [-0.1, -0.05) is 18.2 Å². The number of rotatable bonds is 2. The third kappa shape index (κ3) is 3.20. The zero-order valence-electron chi connectivity index (χ0n) is 14.7. The van der Waals surface area contributed by atoms with Crippen molar-refractivity contribution in [1.29, 1.82) is 0 Å². The van der Waals surface area contributed by atoms with Gasteiger partial charge in [-0.15, -0.1) is 0 Å². The lowest BCUT2D eigenvalue weighted by Crippen LogP contribution is -2.55. The summed E-state index contributed by atoms with van der Waals surface area (Å²) in [7, 11) is 2.96. The summed E-state index contributed by atoms with van der Waals surface area (Å²) in [5, 5.41) is -0.484. The van der Waals surface area contributed by atoms with Gasteiger partial charge in [-0.05, 0) is 32.1 Å². The monoisotopic (exact) mass is 333 g/mol. The molecule has 2 N–H and O–H groups in total. The van der Waals surface area contributed by atoms with Gasteiger partial charge in [-0.2, -0.15) is 0 Å².